The highest BCUT2D eigenvalue weighted by Crippen LogP contribution is 2.15. The number of amides is 1. The molecule has 2 aliphatic heterocycles. The van der Waals surface area contributed by atoms with Crippen LogP contribution in [0.1, 0.15) is 19.3 Å². The first-order chi connectivity index (χ1) is 13.8. The number of likely N-dealkylation sites (tertiary alicyclic amines) is 1. The summed E-state index contributed by atoms with van der Waals surface area (Å²) in [5.74, 6) is 0.833. The van der Waals surface area contributed by atoms with Gasteiger partial charge in [-0.25, -0.2) is 0 Å². The van der Waals surface area contributed by atoms with Crippen molar-refractivity contribution < 1.29 is 4.79 Å². The maximum Gasteiger partial charge on any atom is 0.242 e. The summed E-state index contributed by atoms with van der Waals surface area (Å²) < 4.78 is 0. The van der Waals surface area contributed by atoms with Crippen molar-refractivity contribution >= 4 is 17.6 Å². The Morgan fingerprint density at radius 3 is 2.36 bits per heavy atom. The van der Waals surface area contributed by atoms with Crippen LogP contribution in [0, 0.1) is 0 Å². The molecule has 0 bridgehead atoms. The van der Waals surface area contributed by atoms with Crippen molar-refractivity contribution in [3.63, 3.8) is 0 Å². The summed E-state index contributed by atoms with van der Waals surface area (Å²) in [5, 5.41) is 6.48. The van der Waals surface area contributed by atoms with Crippen LogP contribution in [0.2, 0.25) is 0 Å². The summed E-state index contributed by atoms with van der Waals surface area (Å²) in [5.41, 5.74) is 1.23. The molecule has 7 nitrogen and oxygen atoms in total. The summed E-state index contributed by atoms with van der Waals surface area (Å²) in [6, 6.07) is 10.4. The van der Waals surface area contributed by atoms with Gasteiger partial charge in [0.15, 0.2) is 5.96 Å². The van der Waals surface area contributed by atoms with E-state index in [1.807, 2.05) is 11.0 Å². The number of piperazine rings is 1. The second kappa shape index (κ2) is 10.9. The number of hydrogen-bond acceptors (Lipinski definition) is 4. The molecule has 0 unspecified atom stereocenters. The molecule has 1 aromatic carbocycles. The lowest BCUT2D eigenvalue weighted by Gasteiger charge is -2.36. The first-order valence-electron chi connectivity index (χ1n) is 10.5. The number of hydrogen-bond donors (Lipinski definition) is 2. The first-order valence-corrected chi connectivity index (χ1v) is 10.5. The molecule has 0 saturated carbocycles. The molecule has 2 saturated heterocycles. The minimum Gasteiger partial charge on any atom is -0.368 e. The van der Waals surface area contributed by atoms with E-state index in [2.05, 4.69) is 49.7 Å². The third kappa shape index (κ3) is 6.12. The summed E-state index contributed by atoms with van der Waals surface area (Å²) >= 11 is 0. The molecule has 2 fully saturated rings. The van der Waals surface area contributed by atoms with Crippen molar-refractivity contribution in [3.8, 4) is 0 Å². The Bertz CT molecular complexity index is 621. The third-order valence-corrected chi connectivity index (χ3v) is 5.55. The van der Waals surface area contributed by atoms with Crippen LogP contribution in [0.4, 0.5) is 5.69 Å². The van der Waals surface area contributed by atoms with E-state index in [1.165, 1.54) is 38.0 Å². The highest BCUT2D eigenvalue weighted by Gasteiger charge is 2.21. The average Bonchev–Trinajstić information content (AvgIpc) is 2.77. The van der Waals surface area contributed by atoms with Gasteiger partial charge in [0.2, 0.25) is 5.91 Å². The van der Waals surface area contributed by atoms with Crippen LogP contribution < -0.4 is 15.5 Å². The Balaban J connectivity index is 1.34. The number of carbonyl (C=O) groups excluding carboxylic acids is 1. The standard InChI is InChI=1S/C21H34N6O/c1-22-21(23-10-13-25-11-6-3-7-12-25)24-18-20(28)27-16-14-26(15-17-27)19-8-4-2-5-9-19/h2,4-5,8-9H,3,6-7,10-18H2,1H3,(H2,22,23,24). The van der Waals surface area contributed by atoms with Crippen LogP contribution in [0.15, 0.2) is 35.3 Å². The van der Waals surface area contributed by atoms with E-state index in [-0.39, 0.29) is 12.5 Å². The fraction of sp³-hybridized carbons (Fsp3) is 0.619. The second-order valence-electron chi connectivity index (χ2n) is 7.46. The van der Waals surface area contributed by atoms with Crippen molar-refractivity contribution in [2.45, 2.75) is 19.3 Å². The van der Waals surface area contributed by atoms with E-state index in [4.69, 9.17) is 0 Å². The number of aliphatic imine (C=N–C) groups is 1. The number of para-hydroxylation sites is 1. The lowest BCUT2D eigenvalue weighted by Crippen LogP contribution is -2.52. The second-order valence-corrected chi connectivity index (χ2v) is 7.46. The number of anilines is 1. The van der Waals surface area contributed by atoms with Gasteiger partial charge in [-0.3, -0.25) is 9.79 Å². The van der Waals surface area contributed by atoms with E-state index >= 15 is 0 Å². The molecule has 0 atom stereocenters. The summed E-state index contributed by atoms with van der Waals surface area (Å²) in [6.45, 7) is 7.82. The number of benzene rings is 1. The molecule has 0 aromatic heterocycles. The maximum absolute atomic E-state index is 12.5. The van der Waals surface area contributed by atoms with Gasteiger partial charge in [0.05, 0.1) is 6.54 Å². The van der Waals surface area contributed by atoms with Gasteiger partial charge in [-0.15, -0.1) is 0 Å². The molecule has 2 N–H and O–H groups in total. The molecule has 3 rings (SSSR count). The Labute approximate surface area is 168 Å². The molecular weight excluding hydrogens is 352 g/mol. The number of nitrogens with zero attached hydrogens (tertiary/aromatic N) is 4. The lowest BCUT2D eigenvalue weighted by atomic mass is 10.1. The Kier molecular flexibility index (Phi) is 7.96. The van der Waals surface area contributed by atoms with E-state index in [9.17, 15) is 4.79 Å². The van der Waals surface area contributed by atoms with Crippen LogP contribution in [0.3, 0.4) is 0 Å². The molecule has 154 valence electrons. The molecule has 1 aromatic rings. The number of piperidine rings is 1. The van der Waals surface area contributed by atoms with E-state index in [0.29, 0.717) is 5.96 Å². The van der Waals surface area contributed by atoms with Crippen molar-refractivity contribution in [2.75, 3.05) is 70.9 Å². The summed E-state index contributed by atoms with van der Waals surface area (Å²) in [7, 11) is 1.75. The zero-order chi connectivity index (χ0) is 19.6. The van der Waals surface area contributed by atoms with Gasteiger partial charge in [-0.1, -0.05) is 24.6 Å². The van der Waals surface area contributed by atoms with Crippen LogP contribution in [0.5, 0.6) is 0 Å². The van der Waals surface area contributed by atoms with Gasteiger partial charge in [-0.2, -0.15) is 0 Å². The maximum atomic E-state index is 12.5. The zero-order valence-electron chi connectivity index (χ0n) is 17.1. The van der Waals surface area contributed by atoms with Crippen molar-refractivity contribution in [1.29, 1.82) is 0 Å². The Morgan fingerprint density at radius 1 is 0.964 bits per heavy atom. The predicted octanol–water partition coefficient (Wildman–Crippen LogP) is 0.986. The normalized spacial score (nSPS) is 18.8. The highest BCUT2D eigenvalue weighted by molar-refractivity contribution is 5.86. The zero-order valence-corrected chi connectivity index (χ0v) is 17.1. The van der Waals surface area contributed by atoms with Crippen molar-refractivity contribution in [1.82, 2.24) is 20.4 Å². The largest absolute Gasteiger partial charge is 0.368 e. The van der Waals surface area contributed by atoms with E-state index in [1.54, 1.807) is 7.05 Å². The van der Waals surface area contributed by atoms with Crippen LogP contribution in [0.25, 0.3) is 0 Å². The van der Waals surface area contributed by atoms with Crippen molar-refractivity contribution in [2.24, 2.45) is 4.99 Å². The van der Waals surface area contributed by atoms with E-state index in [0.717, 1.165) is 39.3 Å². The topological polar surface area (TPSA) is 63.2 Å². The molecule has 28 heavy (non-hydrogen) atoms. The third-order valence-electron chi connectivity index (χ3n) is 5.55. The minimum absolute atomic E-state index is 0.131. The number of carbonyl (C=O) groups is 1. The summed E-state index contributed by atoms with van der Waals surface area (Å²) in [4.78, 5) is 23.5. The van der Waals surface area contributed by atoms with Crippen LogP contribution in [-0.4, -0.2) is 87.6 Å². The number of rotatable bonds is 6. The smallest absolute Gasteiger partial charge is 0.242 e. The van der Waals surface area contributed by atoms with Crippen LogP contribution >= 0.6 is 0 Å². The van der Waals surface area contributed by atoms with Gasteiger partial charge in [0, 0.05) is 52.0 Å². The lowest BCUT2D eigenvalue weighted by molar-refractivity contribution is -0.130. The molecule has 2 aliphatic rings. The first kappa shape index (κ1) is 20.5. The molecule has 0 radical (unpaired) electrons. The molecule has 7 heteroatoms. The van der Waals surface area contributed by atoms with Gasteiger partial charge in [0.25, 0.3) is 0 Å². The molecule has 1 amide bonds. The highest BCUT2D eigenvalue weighted by atomic mass is 16.2. The predicted molar refractivity (Wildman–Crippen MR) is 115 cm³/mol. The van der Waals surface area contributed by atoms with Gasteiger partial charge < -0.3 is 25.3 Å². The number of guanidine groups is 1. The summed E-state index contributed by atoms with van der Waals surface area (Å²) in [6.07, 6.45) is 3.97. The minimum atomic E-state index is 0.131. The molecule has 2 heterocycles. The molecule has 0 spiro atoms. The van der Waals surface area contributed by atoms with E-state index < -0.39 is 0 Å². The van der Waals surface area contributed by atoms with Gasteiger partial charge in [-0.05, 0) is 38.1 Å². The fourth-order valence-corrected chi connectivity index (χ4v) is 3.86. The SMILES string of the molecule is CN=C(NCCN1CCCCC1)NCC(=O)N1CCN(c2ccccc2)CC1. The monoisotopic (exact) mass is 386 g/mol. The molecular formula is C21H34N6O. The average molecular weight is 387 g/mol. The Morgan fingerprint density at radius 2 is 1.68 bits per heavy atom. The van der Waals surface area contributed by atoms with Crippen LogP contribution in [-0.2, 0) is 4.79 Å². The van der Waals surface area contributed by atoms with Crippen molar-refractivity contribution in [3.05, 3.63) is 30.3 Å². The fourth-order valence-electron chi connectivity index (χ4n) is 3.86. The van der Waals surface area contributed by atoms with Gasteiger partial charge >= 0.3 is 0 Å². The molecule has 0 aliphatic carbocycles. The number of nitrogens with one attached hydrogen (secondary N) is 2. The quantitative estimate of drug-likeness (QED) is 0.564. The van der Waals surface area contributed by atoms with Gasteiger partial charge in [0.1, 0.15) is 0 Å². The Hall–Kier alpha value is -2.28.